The van der Waals surface area contributed by atoms with Gasteiger partial charge in [0.2, 0.25) is 5.88 Å². The number of hydrogen-bond donors (Lipinski definition) is 1. The first-order valence-corrected chi connectivity index (χ1v) is 9.17. The Kier molecular flexibility index (Phi) is 6.56. The van der Waals surface area contributed by atoms with E-state index in [4.69, 9.17) is 9.47 Å². The number of rotatable bonds is 6. The van der Waals surface area contributed by atoms with Crippen LogP contribution in [-0.4, -0.2) is 29.6 Å². The summed E-state index contributed by atoms with van der Waals surface area (Å²) in [7, 11) is 0. The minimum Gasteiger partial charge on any atom is -0.484 e. The van der Waals surface area contributed by atoms with Crippen molar-refractivity contribution in [1.82, 2.24) is 10.3 Å². The summed E-state index contributed by atoms with van der Waals surface area (Å²) in [4.78, 5) is 15.7. The molecule has 5 nitrogen and oxygen atoms in total. The molecule has 1 heterocycles. The molecule has 3 rings (SSSR count). The first kappa shape index (κ1) is 20.9. The van der Waals surface area contributed by atoms with Crippen molar-refractivity contribution in [2.45, 2.75) is 44.0 Å². The lowest BCUT2D eigenvalue weighted by Crippen LogP contribution is -2.41. The molecule has 0 aliphatic heterocycles. The zero-order valence-corrected chi connectivity index (χ0v) is 15.4. The molecule has 0 bridgehead atoms. The van der Waals surface area contributed by atoms with E-state index < -0.39 is 11.7 Å². The number of amides is 1. The standard InChI is InChI=1S/C20H20F4N2O3/c21-14-2-6-16(7-3-14)28-12-18(27)26-15-4-8-17(9-5-15)29-19-10-1-13(11-25-19)20(22,23)24/h1-3,6-7,10-11,15,17H,4-5,8-9,12H2,(H,26,27). The van der Waals surface area contributed by atoms with Gasteiger partial charge in [0.1, 0.15) is 17.7 Å². The van der Waals surface area contributed by atoms with E-state index in [1.165, 1.54) is 30.3 Å². The Labute approximate surface area is 165 Å². The lowest BCUT2D eigenvalue weighted by Gasteiger charge is -2.29. The van der Waals surface area contributed by atoms with E-state index in [0.717, 1.165) is 12.3 Å². The van der Waals surface area contributed by atoms with E-state index in [1.54, 1.807) is 0 Å². The van der Waals surface area contributed by atoms with Crippen molar-refractivity contribution in [2.75, 3.05) is 6.61 Å². The maximum Gasteiger partial charge on any atom is 0.417 e. The minimum absolute atomic E-state index is 0.0280. The number of nitrogens with one attached hydrogen (secondary N) is 1. The molecule has 0 saturated heterocycles. The largest absolute Gasteiger partial charge is 0.484 e. The van der Waals surface area contributed by atoms with Crippen LogP contribution in [0, 0.1) is 5.82 Å². The topological polar surface area (TPSA) is 60.5 Å². The van der Waals surface area contributed by atoms with E-state index in [0.29, 0.717) is 31.4 Å². The van der Waals surface area contributed by atoms with E-state index in [1.807, 2.05) is 0 Å². The SMILES string of the molecule is O=C(COc1ccc(F)cc1)NC1CCC(Oc2ccc(C(F)(F)F)cn2)CC1. The molecule has 29 heavy (non-hydrogen) atoms. The van der Waals surface area contributed by atoms with E-state index in [2.05, 4.69) is 10.3 Å². The number of pyridine rings is 1. The first-order chi connectivity index (χ1) is 13.8. The van der Waals surface area contributed by atoms with Crippen LogP contribution in [0.25, 0.3) is 0 Å². The predicted octanol–water partition coefficient (Wildman–Crippen LogP) is 4.12. The van der Waals surface area contributed by atoms with Crippen molar-refractivity contribution in [1.29, 1.82) is 0 Å². The number of carbonyl (C=O) groups excluding carboxylic acids is 1. The van der Waals surface area contributed by atoms with Gasteiger partial charge in [-0.15, -0.1) is 0 Å². The van der Waals surface area contributed by atoms with Gasteiger partial charge in [0.05, 0.1) is 5.56 Å². The summed E-state index contributed by atoms with van der Waals surface area (Å²) < 4.78 is 61.4. The van der Waals surface area contributed by atoms with Crippen LogP contribution in [0.2, 0.25) is 0 Å². The molecule has 156 valence electrons. The second-order valence-electron chi connectivity index (χ2n) is 6.78. The number of carbonyl (C=O) groups is 1. The molecule has 1 aromatic heterocycles. The van der Waals surface area contributed by atoms with Gasteiger partial charge in [-0.1, -0.05) is 0 Å². The lowest BCUT2D eigenvalue weighted by atomic mass is 9.93. The van der Waals surface area contributed by atoms with Crippen molar-refractivity contribution >= 4 is 5.91 Å². The number of hydrogen-bond acceptors (Lipinski definition) is 4. The fraction of sp³-hybridized carbons (Fsp3) is 0.400. The number of benzene rings is 1. The summed E-state index contributed by atoms with van der Waals surface area (Å²) in [6.07, 6.45) is -1.20. The Morgan fingerprint density at radius 1 is 1.07 bits per heavy atom. The maximum absolute atomic E-state index is 12.8. The quantitative estimate of drug-likeness (QED) is 0.725. The third kappa shape index (κ3) is 6.33. The van der Waals surface area contributed by atoms with Crippen molar-refractivity contribution in [3.8, 4) is 11.6 Å². The van der Waals surface area contributed by atoms with Gasteiger partial charge < -0.3 is 14.8 Å². The van der Waals surface area contributed by atoms with E-state index >= 15 is 0 Å². The average Bonchev–Trinajstić information content (AvgIpc) is 2.69. The van der Waals surface area contributed by atoms with E-state index in [-0.39, 0.29) is 36.4 Å². The fourth-order valence-electron chi connectivity index (χ4n) is 3.06. The highest BCUT2D eigenvalue weighted by Gasteiger charge is 2.31. The number of ether oxygens (including phenoxy) is 2. The number of halogens is 4. The van der Waals surface area contributed by atoms with Crippen molar-refractivity contribution in [2.24, 2.45) is 0 Å². The van der Waals surface area contributed by atoms with Crippen LogP contribution in [0.5, 0.6) is 11.6 Å². The molecule has 9 heteroatoms. The van der Waals surface area contributed by atoms with E-state index in [9.17, 15) is 22.4 Å². The minimum atomic E-state index is -4.43. The van der Waals surface area contributed by atoms with Gasteiger partial charge in [0.15, 0.2) is 6.61 Å². The molecule has 2 aromatic rings. The van der Waals surface area contributed by atoms with Crippen molar-refractivity contribution in [3.63, 3.8) is 0 Å². The Morgan fingerprint density at radius 3 is 2.34 bits per heavy atom. The van der Waals surface area contributed by atoms with Gasteiger partial charge in [-0.2, -0.15) is 13.2 Å². The molecule has 1 saturated carbocycles. The van der Waals surface area contributed by atoms with Crippen LogP contribution >= 0.6 is 0 Å². The predicted molar refractivity (Wildman–Crippen MR) is 95.9 cm³/mol. The molecule has 0 unspecified atom stereocenters. The summed E-state index contributed by atoms with van der Waals surface area (Å²) in [5, 5.41) is 2.87. The van der Waals surface area contributed by atoms with Crippen molar-refractivity contribution < 1.29 is 31.8 Å². The Balaban J connectivity index is 1.38. The van der Waals surface area contributed by atoms with Crippen LogP contribution in [0.1, 0.15) is 31.2 Å². The first-order valence-electron chi connectivity index (χ1n) is 9.17. The van der Waals surface area contributed by atoms with Gasteiger partial charge in [0, 0.05) is 18.3 Å². The lowest BCUT2D eigenvalue weighted by molar-refractivity contribution is -0.137. The summed E-state index contributed by atoms with van der Waals surface area (Å²) >= 11 is 0. The zero-order valence-electron chi connectivity index (χ0n) is 15.4. The normalized spacial score (nSPS) is 19.4. The van der Waals surface area contributed by atoms with Gasteiger partial charge in [-0.25, -0.2) is 9.37 Å². The van der Waals surface area contributed by atoms with Crippen LogP contribution in [-0.2, 0) is 11.0 Å². The second kappa shape index (κ2) is 9.11. The molecule has 1 aromatic carbocycles. The molecule has 1 aliphatic rings. The fourth-order valence-corrected chi connectivity index (χ4v) is 3.06. The third-order valence-electron chi connectivity index (χ3n) is 4.57. The highest BCUT2D eigenvalue weighted by Crippen LogP contribution is 2.30. The highest BCUT2D eigenvalue weighted by molar-refractivity contribution is 5.77. The third-order valence-corrected chi connectivity index (χ3v) is 4.57. The van der Waals surface area contributed by atoms with Crippen LogP contribution < -0.4 is 14.8 Å². The molecule has 0 radical (unpaired) electrons. The molecule has 1 amide bonds. The van der Waals surface area contributed by atoms with Gasteiger partial charge in [-0.05, 0) is 56.0 Å². The Bertz CT molecular complexity index is 802. The number of aromatic nitrogens is 1. The molecule has 1 N–H and O–H groups in total. The monoisotopic (exact) mass is 412 g/mol. The van der Waals surface area contributed by atoms with Crippen LogP contribution in [0.3, 0.4) is 0 Å². The second-order valence-corrected chi connectivity index (χ2v) is 6.78. The summed E-state index contributed by atoms with van der Waals surface area (Å²) in [6, 6.07) is 7.51. The van der Waals surface area contributed by atoms with Gasteiger partial charge in [0.25, 0.3) is 5.91 Å². The van der Waals surface area contributed by atoms with Crippen LogP contribution in [0.4, 0.5) is 17.6 Å². The summed E-state index contributed by atoms with van der Waals surface area (Å²) in [5.74, 6) is -0.101. The molecule has 1 fully saturated rings. The Morgan fingerprint density at radius 2 is 1.76 bits per heavy atom. The van der Waals surface area contributed by atoms with Crippen molar-refractivity contribution in [3.05, 3.63) is 54.0 Å². The summed E-state index contributed by atoms with van der Waals surface area (Å²) in [5.41, 5.74) is -0.820. The number of alkyl halides is 3. The Hall–Kier alpha value is -2.84. The maximum atomic E-state index is 12.8. The smallest absolute Gasteiger partial charge is 0.417 e. The zero-order chi connectivity index (χ0) is 20.9. The van der Waals surface area contributed by atoms with Crippen LogP contribution in [0.15, 0.2) is 42.6 Å². The van der Waals surface area contributed by atoms with Gasteiger partial charge >= 0.3 is 6.18 Å². The van der Waals surface area contributed by atoms with Gasteiger partial charge in [-0.3, -0.25) is 4.79 Å². The molecular formula is C20H20F4N2O3. The highest BCUT2D eigenvalue weighted by atomic mass is 19.4. The average molecular weight is 412 g/mol. The molecular weight excluding hydrogens is 392 g/mol. The number of nitrogens with zero attached hydrogens (tertiary/aromatic N) is 1. The molecule has 1 aliphatic carbocycles. The summed E-state index contributed by atoms with van der Waals surface area (Å²) in [6.45, 7) is -0.169. The molecule has 0 atom stereocenters. The molecule has 0 spiro atoms.